The molecule has 0 spiro atoms. The van der Waals surface area contributed by atoms with Gasteiger partial charge in [-0.1, -0.05) is 0 Å². The summed E-state index contributed by atoms with van der Waals surface area (Å²) in [4.78, 5) is 0. The Labute approximate surface area is 46.7 Å². The lowest BCUT2D eigenvalue weighted by molar-refractivity contribution is 1.03. The molecule has 38 valence electrons. The maximum absolute atomic E-state index is 5.26. The van der Waals surface area contributed by atoms with Crippen molar-refractivity contribution in [3.05, 3.63) is 12.3 Å². The van der Waals surface area contributed by atoms with Crippen LogP contribution in [0, 0.1) is 0 Å². The fourth-order valence-corrected chi connectivity index (χ4v) is 0.432. The Morgan fingerprint density at radius 2 is 2.57 bits per heavy atom. The molecule has 0 saturated heterocycles. The van der Waals surface area contributed by atoms with Crippen molar-refractivity contribution in [1.82, 2.24) is 9.19 Å². The summed E-state index contributed by atoms with van der Waals surface area (Å²) in [6.45, 7) is 0. The van der Waals surface area contributed by atoms with Gasteiger partial charge >= 0.3 is 0 Å². The highest BCUT2D eigenvalue weighted by atomic mass is 32.1. The van der Waals surface area contributed by atoms with E-state index >= 15 is 0 Å². The first-order valence-corrected chi connectivity index (χ1v) is 2.19. The van der Waals surface area contributed by atoms with Crippen LogP contribution in [-0.4, -0.2) is 9.19 Å². The van der Waals surface area contributed by atoms with Gasteiger partial charge in [-0.25, -0.2) is 0 Å². The number of thiol groups is 1. The Morgan fingerprint density at radius 3 is 2.71 bits per heavy atom. The van der Waals surface area contributed by atoms with Gasteiger partial charge in [-0.3, -0.25) is 0 Å². The number of nitrogens with two attached hydrogens (primary N) is 1. The van der Waals surface area contributed by atoms with Crippen LogP contribution in [0.2, 0.25) is 0 Å². The molecule has 1 aromatic rings. The van der Waals surface area contributed by atoms with Crippen LogP contribution in [0.3, 0.4) is 0 Å². The van der Waals surface area contributed by atoms with Crippen LogP contribution in [0.4, 0.5) is 5.82 Å². The highest BCUT2D eigenvalue weighted by molar-refractivity contribution is 7.78. The Bertz CT molecular complexity index is 142. The van der Waals surface area contributed by atoms with Crippen LogP contribution < -0.4 is 5.73 Å². The van der Waals surface area contributed by atoms with E-state index in [2.05, 4.69) is 17.9 Å². The Morgan fingerprint density at radius 1 is 1.86 bits per heavy atom. The van der Waals surface area contributed by atoms with E-state index in [1.807, 2.05) is 0 Å². The van der Waals surface area contributed by atoms with Crippen molar-refractivity contribution in [2.24, 2.45) is 0 Å². The minimum Gasteiger partial charge on any atom is -0.383 e. The van der Waals surface area contributed by atoms with Crippen LogP contribution in [-0.2, 0) is 0 Å². The molecule has 0 aromatic carbocycles. The van der Waals surface area contributed by atoms with Crippen molar-refractivity contribution in [3.8, 4) is 0 Å². The molecule has 3 nitrogen and oxygen atoms in total. The van der Waals surface area contributed by atoms with Gasteiger partial charge in [-0.15, -0.1) is 0 Å². The number of nitrogen functional groups attached to an aromatic ring is 1. The molecule has 4 heteroatoms. The van der Waals surface area contributed by atoms with E-state index in [-0.39, 0.29) is 0 Å². The maximum Gasteiger partial charge on any atom is 0.133 e. The summed E-state index contributed by atoms with van der Waals surface area (Å²) >= 11 is 3.83. The van der Waals surface area contributed by atoms with Crippen molar-refractivity contribution in [2.45, 2.75) is 0 Å². The normalized spacial score (nSPS) is 9.29. The van der Waals surface area contributed by atoms with Gasteiger partial charge in [0.25, 0.3) is 0 Å². The standard InChI is InChI=1S/C3H5N3S/c4-3-1-2-5-6(3)7/h1-2,7H,4H2. The minimum absolute atomic E-state index is 0.559. The van der Waals surface area contributed by atoms with E-state index in [0.717, 1.165) is 0 Å². The average Bonchev–Trinajstić information content (AvgIpc) is 1.91. The molecule has 0 atom stereocenters. The average molecular weight is 115 g/mol. The van der Waals surface area contributed by atoms with Gasteiger partial charge in [-0.2, -0.15) is 9.19 Å². The zero-order chi connectivity index (χ0) is 5.28. The smallest absolute Gasteiger partial charge is 0.133 e. The number of rotatable bonds is 0. The number of nitrogens with zero attached hydrogens (tertiary/aromatic N) is 2. The summed E-state index contributed by atoms with van der Waals surface area (Å²) in [6, 6.07) is 1.67. The molecule has 1 heterocycles. The van der Waals surface area contributed by atoms with E-state index in [0.29, 0.717) is 5.82 Å². The molecule has 7 heavy (non-hydrogen) atoms. The fourth-order valence-electron chi connectivity index (χ4n) is 0.306. The topological polar surface area (TPSA) is 43.8 Å². The van der Waals surface area contributed by atoms with Gasteiger partial charge in [0.05, 0.1) is 6.20 Å². The molecule has 0 fully saturated rings. The quantitative estimate of drug-likeness (QED) is 0.473. The van der Waals surface area contributed by atoms with Crippen LogP contribution in [0.5, 0.6) is 0 Å². The van der Waals surface area contributed by atoms with Gasteiger partial charge in [0, 0.05) is 6.07 Å². The third-order valence-corrected chi connectivity index (χ3v) is 0.986. The third kappa shape index (κ3) is 0.691. The van der Waals surface area contributed by atoms with Crippen molar-refractivity contribution < 1.29 is 0 Å². The lowest BCUT2D eigenvalue weighted by atomic mass is 10.7. The largest absolute Gasteiger partial charge is 0.383 e. The first-order valence-electron chi connectivity index (χ1n) is 1.79. The van der Waals surface area contributed by atoms with Gasteiger partial charge in [0.2, 0.25) is 0 Å². The van der Waals surface area contributed by atoms with Crippen molar-refractivity contribution in [3.63, 3.8) is 0 Å². The second-order valence-electron chi connectivity index (χ2n) is 1.15. The first kappa shape index (κ1) is 4.52. The van der Waals surface area contributed by atoms with Gasteiger partial charge in [0.15, 0.2) is 0 Å². The SMILES string of the molecule is Nc1ccnn1S. The molecular weight excluding hydrogens is 110 g/mol. The Hall–Kier alpha value is -0.640. The summed E-state index contributed by atoms with van der Waals surface area (Å²) in [5, 5.41) is 3.67. The van der Waals surface area contributed by atoms with Crippen molar-refractivity contribution in [1.29, 1.82) is 0 Å². The zero-order valence-corrected chi connectivity index (χ0v) is 4.47. The first-order chi connectivity index (χ1) is 3.30. The molecule has 2 N–H and O–H groups in total. The highest BCUT2D eigenvalue weighted by Crippen LogP contribution is 1.98. The predicted octanol–water partition coefficient (Wildman–Crippen LogP) is 0.158. The van der Waals surface area contributed by atoms with Crippen molar-refractivity contribution >= 4 is 18.6 Å². The molecule has 1 aromatic heterocycles. The molecule has 0 aliphatic rings. The van der Waals surface area contributed by atoms with Gasteiger partial charge < -0.3 is 5.73 Å². The monoisotopic (exact) mass is 115 g/mol. The van der Waals surface area contributed by atoms with Crippen LogP contribution in [0.1, 0.15) is 0 Å². The molecule has 0 bridgehead atoms. The summed E-state index contributed by atoms with van der Waals surface area (Å²) in [5.74, 6) is 0.559. The van der Waals surface area contributed by atoms with Crippen LogP contribution in [0.15, 0.2) is 12.3 Å². The summed E-state index contributed by atoms with van der Waals surface area (Å²) in [5.41, 5.74) is 5.26. The minimum atomic E-state index is 0.559. The third-order valence-electron chi connectivity index (χ3n) is 0.652. The molecule has 0 amide bonds. The fraction of sp³-hybridized carbons (Fsp3) is 0. The zero-order valence-electron chi connectivity index (χ0n) is 3.57. The van der Waals surface area contributed by atoms with E-state index in [9.17, 15) is 0 Å². The Balaban J connectivity index is 3.12. The summed E-state index contributed by atoms with van der Waals surface area (Å²) < 4.78 is 1.31. The van der Waals surface area contributed by atoms with E-state index in [1.54, 1.807) is 12.3 Å². The van der Waals surface area contributed by atoms with E-state index in [4.69, 9.17) is 5.73 Å². The van der Waals surface area contributed by atoms with Crippen LogP contribution >= 0.6 is 12.8 Å². The van der Waals surface area contributed by atoms with Crippen molar-refractivity contribution in [2.75, 3.05) is 5.73 Å². The lowest BCUT2D eigenvalue weighted by Crippen LogP contribution is -1.90. The predicted molar refractivity (Wildman–Crippen MR) is 31.0 cm³/mol. The number of aromatic nitrogens is 2. The summed E-state index contributed by atoms with van der Waals surface area (Å²) in [6.07, 6.45) is 1.59. The molecule has 0 radical (unpaired) electrons. The Kier molecular flexibility index (Phi) is 0.941. The van der Waals surface area contributed by atoms with Crippen LogP contribution in [0.25, 0.3) is 0 Å². The molecule has 0 aliphatic heterocycles. The maximum atomic E-state index is 5.26. The second kappa shape index (κ2) is 1.46. The molecule has 0 saturated carbocycles. The molecule has 0 aliphatic carbocycles. The molecular formula is C3H5N3S. The highest BCUT2D eigenvalue weighted by Gasteiger charge is 1.85. The molecule has 1 rings (SSSR count). The lowest BCUT2D eigenvalue weighted by Gasteiger charge is -1.85. The van der Waals surface area contributed by atoms with Gasteiger partial charge in [-0.05, 0) is 12.8 Å². The number of hydrogen-bond acceptors (Lipinski definition) is 3. The second-order valence-corrected chi connectivity index (χ2v) is 1.52. The van der Waals surface area contributed by atoms with E-state index in [1.165, 1.54) is 4.09 Å². The molecule has 0 unspecified atom stereocenters. The summed E-state index contributed by atoms with van der Waals surface area (Å²) in [7, 11) is 0. The number of anilines is 1. The van der Waals surface area contributed by atoms with Gasteiger partial charge in [0.1, 0.15) is 5.82 Å². The van der Waals surface area contributed by atoms with E-state index < -0.39 is 0 Å². The number of hydrogen-bond donors (Lipinski definition) is 2.